The normalized spacial score (nSPS) is 10.9. The highest BCUT2D eigenvalue weighted by Gasteiger charge is 2.07. The third-order valence-electron chi connectivity index (χ3n) is 3.56. The molecule has 0 radical (unpaired) electrons. The van der Waals surface area contributed by atoms with Crippen LogP contribution in [0, 0.1) is 6.92 Å². The van der Waals surface area contributed by atoms with Crippen molar-refractivity contribution in [2.24, 2.45) is 7.05 Å². The van der Waals surface area contributed by atoms with Crippen molar-refractivity contribution in [1.82, 2.24) is 20.1 Å². The summed E-state index contributed by atoms with van der Waals surface area (Å²) >= 11 is 0. The number of nitrogens with one attached hydrogen (secondary N) is 2. The van der Waals surface area contributed by atoms with E-state index in [9.17, 15) is 4.79 Å². The number of aromatic nitrogens is 3. The maximum Gasteiger partial charge on any atom is 0.254 e. The zero-order chi connectivity index (χ0) is 14.1. The number of aromatic amines is 1. The van der Waals surface area contributed by atoms with Gasteiger partial charge in [-0.3, -0.25) is 9.89 Å². The number of fused-ring (bicyclic) bond motifs is 1. The Morgan fingerprint density at radius 2 is 2.25 bits per heavy atom. The predicted molar refractivity (Wildman–Crippen MR) is 77.4 cm³/mol. The lowest BCUT2D eigenvalue weighted by Crippen LogP contribution is -2.22. The van der Waals surface area contributed by atoms with Crippen molar-refractivity contribution in [2.75, 3.05) is 0 Å². The topological polar surface area (TPSA) is 62.7 Å². The molecule has 102 valence electrons. The molecule has 0 aliphatic carbocycles. The highest BCUT2D eigenvalue weighted by Crippen LogP contribution is 2.19. The maximum absolute atomic E-state index is 11.8. The number of amides is 1. The van der Waals surface area contributed by atoms with Crippen LogP contribution in [0.1, 0.15) is 21.6 Å². The first-order chi connectivity index (χ1) is 9.65. The van der Waals surface area contributed by atoms with E-state index in [0.29, 0.717) is 12.1 Å². The quantitative estimate of drug-likeness (QED) is 0.764. The molecular weight excluding hydrogens is 252 g/mol. The van der Waals surface area contributed by atoms with Gasteiger partial charge in [-0.05, 0) is 30.7 Å². The first-order valence-corrected chi connectivity index (χ1v) is 6.47. The summed E-state index contributed by atoms with van der Waals surface area (Å²) in [5, 5.41) is 10.5. The molecule has 0 spiro atoms. The van der Waals surface area contributed by atoms with Crippen LogP contribution in [0.2, 0.25) is 0 Å². The van der Waals surface area contributed by atoms with Crippen molar-refractivity contribution in [3.05, 3.63) is 53.5 Å². The van der Waals surface area contributed by atoms with Crippen LogP contribution in [0.4, 0.5) is 0 Å². The molecule has 0 saturated heterocycles. The Morgan fingerprint density at radius 3 is 3.00 bits per heavy atom. The molecule has 0 fully saturated rings. The van der Waals surface area contributed by atoms with Crippen LogP contribution < -0.4 is 5.32 Å². The number of aryl methyl sites for hydroxylation is 2. The van der Waals surface area contributed by atoms with E-state index in [2.05, 4.69) is 52.3 Å². The van der Waals surface area contributed by atoms with Crippen LogP contribution >= 0.6 is 0 Å². The number of nitrogens with zero attached hydrogens (tertiary/aromatic N) is 2. The Morgan fingerprint density at radius 1 is 1.40 bits per heavy atom. The summed E-state index contributed by atoms with van der Waals surface area (Å²) in [4.78, 5) is 11.8. The van der Waals surface area contributed by atoms with Gasteiger partial charge in [0.2, 0.25) is 0 Å². The van der Waals surface area contributed by atoms with Gasteiger partial charge in [0.05, 0.1) is 11.8 Å². The van der Waals surface area contributed by atoms with Crippen LogP contribution in [-0.2, 0) is 13.6 Å². The summed E-state index contributed by atoms with van der Waals surface area (Å²) in [6, 6.07) is 8.38. The third kappa shape index (κ3) is 2.18. The predicted octanol–water partition coefficient (Wildman–Crippen LogP) is 2.14. The molecule has 0 unspecified atom stereocenters. The molecule has 1 amide bonds. The van der Waals surface area contributed by atoms with Crippen molar-refractivity contribution in [3.63, 3.8) is 0 Å². The number of hydrogen-bond acceptors (Lipinski definition) is 2. The Labute approximate surface area is 116 Å². The fourth-order valence-corrected chi connectivity index (χ4v) is 2.31. The van der Waals surface area contributed by atoms with Crippen molar-refractivity contribution in [3.8, 4) is 0 Å². The summed E-state index contributed by atoms with van der Waals surface area (Å²) in [6.07, 6.45) is 3.10. The van der Waals surface area contributed by atoms with E-state index < -0.39 is 0 Å². The fraction of sp³-hybridized carbons (Fsp3) is 0.200. The average Bonchev–Trinajstić information content (AvgIpc) is 3.06. The van der Waals surface area contributed by atoms with Gasteiger partial charge in [-0.1, -0.05) is 6.07 Å². The molecule has 0 saturated carbocycles. The summed E-state index contributed by atoms with van der Waals surface area (Å²) in [6.45, 7) is 2.59. The van der Waals surface area contributed by atoms with Crippen LogP contribution in [-0.4, -0.2) is 20.7 Å². The van der Waals surface area contributed by atoms with Crippen LogP contribution in [0.25, 0.3) is 10.9 Å². The van der Waals surface area contributed by atoms with E-state index in [-0.39, 0.29) is 5.91 Å². The first-order valence-electron chi connectivity index (χ1n) is 6.47. The third-order valence-corrected chi connectivity index (χ3v) is 3.56. The molecule has 0 atom stereocenters. The van der Waals surface area contributed by atoms with Gasteiger partial charge in [0, 0.05) is 36.4 Å². The van der Waals surface area contributed by atoms with Crippen LogP contribution in [0.15, 0.2) is 36.7 Å². The lowest BCUT2D eigenvalue weighted by Gasteiger charge is -2.05. The van der Waals surface area contributed by atoms with E-state index in [1.807, 2.05) is 6.07 Å². The minimum Gasteiger partial charge on any atom is -0.348 e. The van der Waals surface area contributed by atoms with Gasteiger partial charge in [-0.2, -0.15) is 5.10 Å². The molecule has 0 aliphatic heterocycles. The number of carbonyl (C=O) groups excluding carboxylic acids is 1. The Bertz CT molecular complexity index is 756. The van der Waals surface area contributed by atoms with E-state index in [1.165, 1.54) is 22.8 Å². The van der Waals surface area contributed by atoms with Gasteiger partial charge in [-0.25, -0.2) is 0 Å². The van der Waals surface area contributed by atoms with Crippen molar-refractivity contribution < 1.29 is 4.79 Å². The van der Waals surface area contributed by atoms with E-state index >= 15 is 0 Å². The SMILES string of the molecule is Cc1cc2cc(CNC(=O)c3cn[nH]c3)ccc2n1C. The fourth-order valence-electron chi connectivity index (χ4n) is 2.31. The number of carbonyl (C=O) groups is 1. The zero-order valence-corrected chi connectivity index (χ0v) is 11.5. The highest BCUT2D eigenvalue weighted by atomic mass is 16.1. The lowest BCUT2D eigenvalue weighted by molar-refractivity contribution is 0.0951. The molecule has 5 nitrogen and oxygen atoms in total. The molecular formula is C15H16N4O. The second-order valence-electron chi connectivity index (χ2n) is 4.91. The largest absolute Gasteiger partial charge is 0.348 e. The maximum atomic E-state index is 11.8. The zero-order valence-electron chi connectivity index (χ0n) is 11.5. The standard InChI is InChI=1S/C15H16N4O/c1-10-5-12-6-11(3-4-14(12)19(10)2)7-16-15(20)13-8-17-18-9-13/h3-6,8-9H,7H2,1-2H3,(H,16,20)(H,17,18). The monoisotopic (exact) mass is 268 g/mol. The minimum absolute atomic E-state index is 0.122. The number of H-pyrrole nitrogens is 1. The molecule has 2 aromatic heterocycles. The van der Waals surface area contributed by atoms with Gasteiger partial charge in [0.1, 0.15) is 0 Å². The molecule has 0 aliphatic rings. The number of benzene rings is 1. The molecule has 3 rings (SSSR count). The van der Waals surface area contributed by atoms with Gasteiger partial charge in [0.25, 0.3) is 5.91 Å². The van der Waals surface area contributed by atoms with Crippen LogP contribution in [0.5, 0.6) is 0 Å². The molecule has 2 N–H and O–H groups in total. The molecule has 3 aromatic rings. The highest BCUT2D eigenvalue weighted by molar-refractivity contribution is 5.93. The summed E-state index contributed by atoms with van der Waals surface area (Å²) in [5.41, 5.74) is 4.05. The smallest absolute Gasteiger partial charge is 0.254 e. The molecule has 20 heavy (non-hydrogen) atoms. The van der Waals surface area contributed by atoms with Crippen molar-refractivity contribution in [2.45, 2.75) is 13.5 Å². The van der Waals surface area contributed by atoms with Gasteiger partial charge in [-0.15, -0.1) is 0 Å². The van der Waals surface area contributed by atoms with Gasteiger partial charge in [0.15, 0.2) is 0 Å². The average molecular weight is 268 g/mol. The number of rotatable bonds is 3. The van der Waals surface area contributed by atoms with E-state index in [1.54, 1.807) is 6.20 Å². The second kappa shape index (κ2) is 4.85. The van der Waals surface area contributed by atoms with Crippen LogP contribution in [0.3, 0.4) is 0 Å². The summed E-state index contributed by atoms with van der Waals surface area (Å²) < 4.78 is 2.16. The van der Waals surface area contributed by atoms with E-state index in [4.69, 9.17) is 0 Å². The Kier molecular flexibility index (Phi) is 3.02. The minimum atomic E-state index is -0.122. The Hall–Kier alpha value is -2.56. The lowest BCUT2D eigenvalue weighted by atomic mass is 10.1. The van der Waals surface area contributed by atoms with Gasteiger partial charge >= 0.3 is 0 Å². The summed E-state index contributed by atoms with van der Waals surface area (Å²) in [7, 11) is 2.05. The van der Waals surface area contributed by atoms with E-state index in [0.717, 1.165) is 5.56 Å². The second-order valence-corrected chi connectivity index (χ2v) is 4.91. The molecule has 0 bridgehead atoms. The van der Waals surface area contributed by atoms with Crippen molar-refractivity contribution in [1.29, 1.82) is 0 Å². The first kappa shape index (κ1) is 12.5. The molecule has 2 heterocycles. The molecule has 5 heteroatoms. The Balaban J connectivity index is 1.76. The van der Waals surface area contributed by atoms with Crippen molar-refractivity contribution >= 4 is 16.8 Å². The van der Waals surface area contributed by atoms with Gasteiger partial charge < -0.3 is 9.88 Å². The number of hydrogen-bond donors (Lipinski definition) is 2. The molecule has 1 aromatic carbocycles. The summed E-state index contributed by atoms with van der Waals surface area (Å²) in [5.74, 6) is -0.122.